The fourth-order valence-electron chi connectivity index (χ4n) is 3.31. The molecule has 146 valence electrons. The number of benzene rings is 3. The number of anilines is 2. The zero-order valence-corrected chi connectivity index (χ0v) is 16.7. The minimum Gasteiger partial charge on any atom is -0.493 e. The van der Waals surface area contributed by atoms with Crippen molar-refractivity contribution in [2.24, 2.45) is 0 Å². The van der Waals surface area contributed by atoms with Gasteiger partial charge in [-0.2, -0.15) is 0 Å². The highest BCUT2D eigenvalue weighted by atomic mass is 35.5. The van der Waals surface area contributed by atoms with Gasteiger partial charge in [0.25, 0.3) is 5.91 Å². The molecule has 2 N–H and O–H groups in total. The Morgan fingerprint density at radius 1 is 0.931 bits per heavy atom. The number of halogens is 1. The van der Waals surface area contributed by atoms with Crippen molar-refractivity contribution >= 4 is 40.2 Å². The molecule has 5 nitrogen and oxygen atoms in total. The van der Waals surface area contributed by atoms with Crippen LogP contribution in [0.15, 0.2) is 66.7 Å². The maximum Gasteiger partial charge on any atom is 0.258 e. The molecule has 0 bridgehead atoms. The number of hydrogen-bond donors (Lipinski definition) is 2. The van der Waals surface area contributed by atoms with Crippen LogP contribution in [0.1, 0.15) is 11.1 Å². The SMILES string of the molecule is COc1cc2c(cc1OC)C(=C(Nc1ccc(Cl)cc1)c1ccccc1)C(=O)N2. The Hall–Kier alpha value is -3.44. The second-order valence-corrected chi connectivity index (χ2v) is 6.89. The first-order valence-electron chi connectivity index (χ1n) is 9.00. The number of hydrogen-bond acceptors (Lipinski definition) is 4. The maximum absolute atomic E-state index is 13.0. The van der Waals surface area contributed by atoms with Gasteiger partial charge in [-0.05, 0) is 35.9 Å². The number of fused-ring (bicyclic) bond motifs is 1. The van der Waals surface area contributed by atoms with Crippen molar-refractivity contribution < 1.29 is 14.3 Å². The number of amides is 1. The average molecular weight is 407 g/mol. The molecule has 29 heavy (non-hydrogen) atoms. The Morgan fingerprint density at radius 2 is 1.59 bits per heavy atom. The molecule has 1 heterocycles. The van der Waals surface area contributed by atoms with Crippen LogP contribution in [0.25, 0.3) is 11.3 Å². The lowest BCUT2D eigenvalue weighted by molar-refractivity contribution is -0.110. The van der Waals surface area contributed by atoms with E-state index in [9.17, 15) is 4.79 Å². The summed E-state index contributed by atoms with van der Waals surface area (Å²) < 4.78 is 10.8. The largest absolute Gasteiger partial charge is 0.493 e. The van der Waals surface area contributed by atoms with Gasteiger partial charge in [0.2, 0.25) is 0 Å². The van der Waals surface area contributed by atoms with Gasteiger partial charge in [-0.3, -0.25) is 4.79 Å². The molecule has 3 aromatic rings. The maximum atomic E-state index is 13.0. The van der Waals surface area contributed by atoms with Crippen LogP contribution in [-0.2, 0) is 4.79 Å². The van der Waals surface area contributed by atoms with Crippen molar-refractivity contribution in [3.8, 4) is 11.5 Å². The van der Waals surface area contributed by atoms with Gasteiger partial charge in [-0.1, -0.05) is 41.9 Å². The lowest BCUT2D eigenvalue weighted by Gasteiger charge is -2.15. The van der Waals surface area contributed by atoms with E-state index < -0.39 is 0 Å². The van der Waals surface area contributed by atoms with Crippen LogP contribution < -0.4 is 20.1 Å². The molecular weight excluding hydrogens is 388 g/mol. The van der Waals surface area contributed by atoms with Crippen molar-refractivity contribution in [3.05, 3.63) is 82.9 Å². The fourth-order valence-corrected chi connectivity index (χ4v) is 3.43. The van der Waals surface area contributed by atoms with E-state index in [4.69, 9.17) is 21.1 Å². The standard InChI is InChI=1S/C23H19ClN2O3/c1-28-19-12-17-18(13-20(19)29-2)26-23(27)21(17)22(14-6-4-3-5-7-14)25-16-10-8-15(24)9-11-16/h3-13,25H,1-2H3,(H,26,27). The first-order chi connectivity index (χ1) is 14.1. The highest BCUT2D eigenvalue weighted by molar-refractivity contribution is 6.37. The van der Waals surface area contributed by atoms with Crippen molar-refractivity contribution in [3.63, 3.8) is 0 Å². The molecule has 0 atom stereocenters. The highest BCUT2D eigenvalue weighted by Crippen LogP contribution is 2.43. The second kappa shape index (κ2) is 7.89. The molecule has 0 radical (unpaired) electrons. The number of methoxy groups -OCH3 is 2. The van der Waals surface area contributed by atoms with E-state index in [1.807, 2.05) is 48.5 Å². The predicted octanol–water partition coefficient (Wildman–Crippen LogP) is 5.29. The lowest BCUT2D eigenvalue weighted by atomic mass is 9.99. The van der Waals surface area contributed by atoms with Crippen LogP contribution in [-0.4, -0.2) is 20.1 Å². The number of ether oxygens (including phenoxy) is 2. The molecule has 1 aliphatic heterocycles. The van der Waals surface area contributed by atoms with Crippen LogP contribution in [0.3, 0.4) is 0 Å². The predicted molar refractivity (Wildman–Crippen MR) is 117 cm³/mol. The summed E-state index contributed by atoms with van der Waals surface area (Å²) in [6.07, 6.45) is 0. The smallest absolute Gasteiger partial charge is 0.258 e. The first-order valence-corrected chi connectivity index (χ1v) is 9.38. The monoisotopic (exact) mass is 406 g/mol. The zero-order valence-electron chi connectivity index (χ0n) is 16.0. The Balaban J connectivity index is 1.91. The normalized spacial score (nSPS) is 14.1. The average Bonchev–Trinajstić information content (AvgIpc) is 3.07. The quantitative estimate of drug-likeness (QED) is 0.565. The summed E-state index contributed by atoms with van der Waals surface area (Å²) in [6, 6.07) is 20.6. The van der Waals surface area contributed by atoms with Gasteiger partial charge < -0.3 is 20.1 Å². The van der Waals surface area contributed by atoms with E-state index in [2.05, 4.69) is 10.6 Å². The molecule has 1 aliphatic rings. The van der Waals surface area contributed by atoms with E-state index in [0.717, 1.165) is 16.8 Å². The van der Waals surface area contributed by atoms with Gasteiger partial charge >= 0.3 is 0 Å². The van der Waals surface area contributed by atoms with Crippen LogP contribution in [0, 0.1) is 0 Å². The fraction of sp³-hybridized carbons (Fsp3) is 0.0870. The minimum atomic E-state index is -0.198. The first kappa shape index (κ1) is 18.9. The highest BCUT2D eigenvalue weighted by Gasteiger charge is 2.30. The summed E-state index contributed by atoms with van der Waals surface area (Å²) in [5.41, 5.74) is 4.35. The van der Waals surface area contributed by atoms with E-state index in [-0.39, 0.29) is 5.91 Å². The van der Waals surface area contributed by atoms with Gasteiger partial charge in [0, 0.05) is 22.3 Å². The summed E-state index contributed by atoms with van der Waals surface area (Å²) in [5.74, 6) is 0.912. The Bertz CT molecular complexity index is 1090. The van der Waals surface area contributed by atoms with Crippen LogP contribution in [0.5, 0.6) is 11.5 Å². The molecule has 0 spiro atoms. The summed E-state index contributed by atoms with van der Waals surface area (Å²) in [4.78, 5) is 13.0. The molecule has 0 saturated carbocycles. The number of rotatable bonds is 5. The minimum absolute atomic E-state index is 0.198. The molecule has 1 amide bonds. The Labute approximate surface area is 173 Å². The molecule has 0 aromatic heterocycles. The third kappa shape index (κ3) is 3.65. The van der Waals surface area contributed by atoms with E-state index in [1.165, 1.54) is 0 Å². The number of carbonyl (C=O) groups is 1. The van der Waals surface area contributed by atoms with Gasteiger partial charge in [0.05, 0.1) is 31.2 Å². The van der Waals surface area contributed by atoms with E-state index >= 15 is 0 Å². The third-order valence-electron chi connectivity index (χ3n) is 4.69. The van der Waals surface area contributed by atoms with Crippen molar-refractivity contribution in [1.29, 1.82) is 0 Å². The second-order valence-electron chi connectivity index (χ2n) is 6.45. The van der Waals surface area contributed by atoms with Crippen molar-refractivity contribution in [1.82, 2.24) is 0 Å². The lowest BCUT2D eigenvalue weighted by Crippen LogP contribution is -2.10. The van der Waals surface area contributed by atoms with Gasteiger partial charge in [-0.15, -0.1) is 0 Å². The summed E-state index contributed by atoms with van der Waals surface area (Å²) in [6.45, 7) is 0. The summed E-state index contributed by atoms with van der Waals surface area (Å²) in [7, 11) is 3.14. The molecule has 4 rings (SSSR count). The molecule has 3 aromatic carbocycles. The Morgan fingerprint density at radius 3 is 2.24 bits per heavy atom. The zero-order chi connectivity index (χ0) is 20.4. The molecule has 0 unspecified atom stereocenters. The van der Waals surface area contributed by atoms with Gasteiger partial charge in [0.1, 0.15) is 0 Å². The van der Waals surface area contributed by atoms with Crippen LogP contribution in [0.2, 0.25) is 5.02 Å². The third-order valence-corrected chi connectivity index (χ3v) is 4.95. The van der Waals surface area contributed by atoms with Gasteiger partial charge in [-0.25, -0.2) is 0 Å². The van der Waals surface area contributed by atoms with Gasteiger partial charge in [0.15, 0.2) is 11.5 Å². The molecule has 0 aliphatic carbocycles. The van der Waals surface area contributed by atoms with E-state index in [0.29, 0.717) is 33.5 Å². The summed E-state index contributed by atoms with van der Waals surface area (Å²) in [5, 5.41) is 6.96. The number of nitrogens with one attached hydrogen (secondary N) is 2. The number of carbonyl (C=O) groups excluding carboxylic acids is 1. The van der Waals surface area contributed by atoms with E-state index in [1.54, 1.807) is 32.4 Å². The van der Waals surface area contributed by atoms with Crippen LogP contribution >= 0.6 is 11.6 Å². The molecule has 0 saturated heterocycles. The Kier molecular flexibility index (Phi) is 5.14. The molecular formula is C23H19ClN2O3. The van der Waals surface area contributed by atoms with Crippen molar-refractivity contribution in [2.45, 2.75) is 0 Å². The van der Waals surface area contributed by atoms with Crippen molar-refractivity contribution in [2.75, 3.05) is 24.9 Å². The molecule has 6 heteroatoms. The summed E-state index contributed by atoms with van der Waals surface area (Å²) >= 11 is 6.01. The topological polar surface area (TPSA) is 59.6 Å². The molecule has 0 fully saturated rings. The van der Waals surface area contributed by atoms with Crippen LogP contribution in [0.4, 0.5) is 11.4 Å².